The molecule has 0 aliphatic heterocycles. The van der Waals surface area contributed by atoms with E-state index in [0.717, 1.165) is 11.1 Å². The van der Waals surface area contributed by atoms with Gasteiger partial charge in [0.05, 0.1) is 5.60 Å². The molecule has 1 atom stereocenters. The molecule has 0 aliphatic rings. The Labute approximate surface area is 160 Å². The van der Waals surface area contributed by atoms with Gasteiger partial charge in [-0.2, -0.15) is 0 Å². The lowest BCUT2D eigenvalue weighted by Gasteiger charge is -2.26. The Morgan fingerprint density at radius 1 is 1.07 bits per heavy atom. The number of benzene rings is 1. The van der Waals surface area contributed by atoms with Crippen molar-refractivity contribution < 1.29 is 14.7 Å². The Bertz CT molecular complexity index is 841. The van der Waals surface area contributed by atoms with Crippen molar-refractivity contribution in [1.82, 2.24) is 14.8 Å². The first-order valence-electron chi connectivity index (χ1n) is 8.79. The predicted molar refractivity (Wildman–Crippen MR) is 105 cm³/mol. The van der Waals surface area contributed by atoms with Crippen molar-refractivity contribution in [3.8, 4) is 11.1 Å². The van der Waals surface area contributed by atoms with Gasteiger partial charge in [-0.25, -0.2) is 0 Å². The van der Waals surface area contributed by atoms with E-state index in [1.165, 1.54) is 9.80 Å². The highest BCUT2D eigenvalue weighted by Crippen LogP contribution is 2.26. The summed E-state index contributed by atoms with van der Waals surface area (Å²) in [4.78, 5) is 32.1. The van der Waals surface area contributed by atoms with E-state index >= 15 is 0 Å². The molecular weight excluding hydrogens is 342 g/mol. The molecule has 1 aromatic heterocycles. The largest absolute Gasteiger partial charge is 0.386 e. The van der Waals surface area contributed by atoms with Crippen LogP contribution in [0.3, 0.4) is 0 Å². The van der Waals surface area contributed by atoms with E-state index in [1.54, 1.807) is 72.5 Å². The normalized spacial score (nSPS) is 12.4. The fourth-order valence-electron chi connectivity index (χ4n) is 2.68. The lowest BCUT2D eigenvalue weighted by atomic mass is 9.96. The summed E-state index contributed by atoms with van der Waals surface area (Å²) in [6.07, 6.45) is 3.32. The highest BCUT2D eigenvalue weighted by atomic mass is 16.3. The van der Waals surface area contributed by atoms with Crippen LogP contribution >= 0.6 is 0 Å². The number of hydrogen-bond acceptors (Lipinski definition) is 4. The predicted octanol–water partition coefficient (Wildman–Crippen LogP) is 2.52. The minimum Gasteiger partial charge on any atom is -0.386 e. The van der Waals surface area contributed by atoms with Gasteiger partial charge in [0.25, 0.3) is 5.91 Å². The first kappa shape index (κ1) is 20.6. The van der Waals surface area contributed by atoms with Crippen molar-refractivity contribution in [2.75, 3.05) is 21.1 Å². The Balaban J connectivity index is 2.33. The van der Waals surface area contributed by atoms with Gasteiger partial charge in [-0.15, -0.1) is 0 Å². The third-order valence-electron chi connectivity index (χ3n) is 4.59. The van der Waals surface area contributed by atoms with Gasteiger partial charge >= 0.3 is 0 Å². The van der Waals surface area contributed by atoms with Crippen molar-refractivity contribution >= 4 is 11.8 Å². The molecule has 0 bridgehead atoms. The first-order valence-corrected chi connectivity index (χ1v) is 8.79. The molecule has 1 heterocycles. The maximum Gasteiger partial charge on any atom is 0.254 e. The fourth-order valence-corrected chi connectivity index (χ4v) is 2.68. The summed E-state index contributed by atoms with van der Waals surface area (Å²) in [5, 5.41) is 10.2. The second kappa shape index (κ2) is 7.88. The first-order chi connectivity index (χ1) is 12.5. The lowest BCUT2D eigenvalue weighted by molar-refractivity contribution is -0.132. The Morgan fingerprint density at radius 2 is 1.74 bits per heavy atom. The summed E-state index contributed by atoms with van der Waals surface area (Å²) >= 11 is 0. The second-order valence-electron chi connectivity index (χ2n) is 7.43. The van der Waals surface area contributed by atoms with Gasteiger partial charge in [0.2, 0.25) is 5.91 Å². The Kier molecular flexibility index (Phi) is 6.01. The van der Waals surface area contributed by atoms with Gasteiger partial charge in [-0.05, 0) is 44.5 Å². The van der Waals surface area contributed by atoms with Crippen LogP contribution in [0.2, 0.25) is 0 Å². The molecule has 2 rings (SSSR count). The van der Waals surface area contributed by atoms with Crippen molar-refractivity contribution in [2.45, 2.75) is 32.4 Å². The van der Waals surface area contributed by atoms with Crippen LogP contribution in [-0.2, 0) is 10.4 Å². The number of amides is 2. The number of likely N-dealkylation sites (N-methyl/N-ethyl adjacent to an activating group) is 2. The maximum absolute atomic E-state index is 12.8. The number of carbonyl (C=O) groups is 2. The summed E-state index contributed by atoms with van der Waals surface area (Å²) in [5.74, 6) is -0.366. The average molecular weight is 369 g/mol. The molecule has 2 aromatic rings. The highest BCUT2D eigenvalue weighted by Gasteiger charge is 2.25. The lowest BCUT2D eigenvalue weighted by Crippen LogP contribution is -2.45. The van der Waals surface area contributed by atoms with Crippen molar-refractivity contribution in [3.05, 3.63) is 53.9 Å². The van der Waals surface area contributed by atoms with Crippen LogP contribution in [0.5, 0.6) is 0 Å². The number of aromatic nitrogens is 1. The Morgan fingerprint density at radius 3 is 2.33 bits per heavy atom. The molecule has 27 heavy (non-hydrogen) atoms. The van der Waals surface area contributed by atoms with E-state index in [-0.39, 0.29) is 11.8 Å². The molecule has 6 heteroatoms. The standard InChI is InChI=1S/C21H27N3O3/c1-14(19(25)23(4)5)24(6)20(26)16-9-7-8-15(10-16)17-11-18(13-22-12-17)21(2,3)27/h7-14,27H,1-6H3/t14-/m0/s1. The fraction of sp³-hybridized carbons (Fsp3) is 0.381. The van der Waals surface area contributed by atoms with Crippen molar-refractivity contribution in [3.63, 3.8) is 0 Å². The third-order valence-corrected chi connectivity index (χ3v) is 4.59. The zero-order valence-corrected chi connectivity index (χ0v) is 16.7. The van der Waals surface area contributed by atoms with Crippen LogP contribution in [0.15, 0.2) is 42.7 Å². The van der Waals surface area contributed by atoms with E-state index in [2.05, 4.69) is 4.98 Å². The van der Waals surface area contributed by atoms with Gasteiger partial charge in [0, 0.05) is 50.2 Å². The van der Waals surface area contributed by atoms with Crippen LogP contribution in [0.1, 0.15) is 36.7 Å². The van der Waals surface area contributed by atoms with Gasteiger partial charge in [0.15, 0.2) is 0 Å². The number of carbonyl (C=O) groups excluding carboxylic acids is 2. The smallest absolute Gasteiger partial charge is 0.254 e. The topological polar surface area (TPSA) is 73.7 Å². The number of aliphatic hydroxyl groups is 1. The molecule has 1 N–H and O–H groups in total. The minimum atomic E-state index is -1.00. The van der Waals surface area contributed by atoms with Crippen molar-refractivity contribution in [1.29, 1.82) is 0 Å². The van der Waals surface area contributed by atoms with Crippen LogP contribution in [0, 0.1) is 0 Å². The van der Waals surface area contributed by atoms with Crippen LogP contribution < -0.4 is 0 Å². The number of nitrogens with zero attached hydrogens (tertiary/aromatic N) is 3. The van der Waals surface area contributed by atoms with E-state index in [0.29, 0.717) is 11.1 Å². The van der Waals surface area contributed by atoms with Crippen LogP contribution in [0.25, 0.3) is 11.1 Å². The third kappa shape index (κ3) is 4.71. The number of hydrogen-bond donors (Lipinski definition) is 1. The molecule has 144 valence electrons. The molecule has 1 aromatic carbocycles. The molecule has 0 spiro atoms. The summed E-state index contributed by atoms with van der Waals surface area (Å²) in [6.45, 7) is 5.11. The number of rotatable bonds is 5. The maximum atomic E-state index is 12.8. The van der Waals surface area contributed by atoms with Gasteiger partial charge in [-0.3, -0.25) is 14.6 Å². The van der Waals surface area contributed by atoms with Crippen molar-refractivity contribution in [2.24, 2.45) is 0 Å². The molecule has 0 fully saturated rings. The van der Waals surface area contributed by atoms with E-state index < -0.39 is 11.6 Å². The summed E-state index contributed by atoms with van der Waals surface area (Å²) < 4.78 is 0. The molecule has 6 nitrogen and oxygen atoms in total. The van der Waals surface area contributed by atoms with E-state index in [1.807, 2.05) is 12.1 Å². The van der Waals surface area contributed by atoms with Gasteiger partial charge < -0.3 is 14.9 Å². The molecule has 0 unspecified atom stereocenters. The zero-order chi connectivity index (χ0) is 20.4. The molecular formula is C21H27N3O3. The highest BCUT2D eigenvalue weighted by molar-refractivity contribution is 5.98. The summed E-state index contributed by atoms with van der Waals surface area (Å²) in [5.41, 5.74) is 1.81. The van der Waals surface area contributed by atoms with Crippen LogP contribution in [0.4, 0.5) is 0 Å². The summed E-state index contributed by atoms with van der Waals surface area (Å²) in [6, 6.07) is 8.48. The molecule has 0 radical (unpaired) electrons. The Hall–Kier alpha value is -2.73. The molecule has 0 saturated heterocycles. The quantitative estimate of drug-likeness (QED) is 0.879. The van der Waals surface area contributed by atoms with E-state index in [9.17, 15) is 14.7 Å². The monoisotopic (exact) mass is 369 g/mol. The second-order valence-corrected chi connectivity index (χ2v) is 7.43. The SMILES string of the molecule is C[C@@H](C(=O)N(C)C)N(C)C(=O)c1cccc(-c2cncc(C(C)(C)O)c2)c1. The summed E-state index contributed by atoms with van der Waals surface area (Å²) in [7, 11) is 4.96. The van der Waals surface area contributed by atoms with Crippen LogP contribution in [-0.4, -0.2) is 58.9 Å². The van der Waals surface area contributed by atoms with Gasteiger partial charge in [-0.1, -0.05) is 12.1 Å². The minimum absolute atomic E-state index is 0.135. The molecule has 0 saturated carbocycles. The number of pyridine rings is 1. The molecule has 0 aliphatic carbocycles. The zero-order valence-electron chi connectivity index (χ0n) is 16.7. The van der Waals surface area contributed by atoms with E-state index in [4.69, 9.17) is 0 Å². The average Bonchev–Trinajstić information content (AvgIpc) is 2.65. The molecule has 2 amide bonds. The van der Waals surface area contributed by atoms with Gasteiger partial charge in [0.1, 0.15) is 6.04 Å².